The molecule has 0 aromatic rings. The van der Waals surface area contributed by atoms with Gasteiger partial charge in [0.2, 0.25) is 0 Å². The van der Waals surface area contributed by atoms with Gasteiger partial charge in [-0.1, -0.05) is 21.6 Å². The van der Waals surface area contributed by atoms with Gasteiger partial charge in [0.25, 0.3) is 0 Å². The summed E-state index contributed by atoms with van der Waals surface area (Å²) in [4.78, 5) is 0. The summed E-state index contributed by atoms with van der Waals surface area (Å²) in [7, 11) is 3.75. The van der Waals surface area contributed by atoms with Crippen LogP contribution in [-0.4, -0.2) is 37.1 Å². The van der Waals surface area contributed by atoms with Gasteiger partial charge in [0.15, 0.2) is 0 Å². The summed E-state index contributed by atoms with van der Waals surface area (Å²) in [6.45, 7) is 2.29. The van der Waals surface area contributed by atoms with Crippen molar-refractivity contribution in [2.45, 2.75) is 0 Å². The van der Waals surface area contributed by atoms with Gasteiger partial charge in [-0.05, 0) is 12.5 Å². The lowest BCUT2D eigenvalue weighted by Crippen LogP contribution is -2.19. The van der Waals surface area contributed by atoms with Crippen LogP contribution in [0.25, 0.3) is 0 Å². The molecule has 0 aliphatic heterocycles. The highest BCUT2D eigenvalue weighted by molar-refractivity contribution is 8.76. The second-order valence-electron chi connectivity index (χ2n) is 1.73. The minimum absolute atomic E-state index is 1.14. The van der Waals surface area contributed by atoms with Gasteiger partial charge in [0.1, 0.15) is 0 Å². The second-order valence-corrected chi connectivity index (χ2v) is 5.40. The number of nitrogens with one attached hydrogen (secondary N) is 1. The largest absolute Gasteiger partial charge is 0.315 e. The van der Waals surface area contributed by atoms with Crippen molar-refractivity contribution in [1.29, 1.82) is 0 Å². The zero-order valence-corrected chi connectivity index (χ0v) is 9.00. The molecule has 0 bridgehead atoms. The minimum atomic E-state index is 1.14. The molecular formula is C6H15NS3. The first-order valence-electron chi connectivity index (χ1n) is 3.27. The summed E-state index contributed by atoms with van der Waals surface area (Å²) in [6, 6.07) is 0. The molecule has 0 aromatic heterocycles. The molecule has 0 unspecified atom stereocenters. The monoisotopic (exact) mass is 197 g/mol. The Hall–Kier alpha value is 1.01. The maximum Gasteiger partial charge on any atom is 0.0162 e. The molecule has 0 amide bonds. The van der Waals surface area contributed by atoms with E-state index in [1.54, 1.807) is 0 Å². The van der Waals surface area contributed by atoms with E-state index in [1.165, 1.54) is 11.5 Å². The Labute approximate surface area is 75.9 Å². The van der Waals surface area contributed by atoms with Gasteiger partial charge >= 0.3 is 0 Å². The van der Waals surface area contributed by atoms with E-state index >= 15 is 0 Å². The lowest BCUT2D eigenvalue weighted by Gasteiger charge is -2.00. The van der Waals surface area contributed by atoms with Crippen molar-refractivity contribution < 1.29 is 0 Å². The molecular weight excluding hydrogens is 182 g/mol. The Morgan fingerprint density at radius 3 is 2.40 bits per heavy atom. The first-order chi connectivity index (χ1) is 4.91. The van der Waals surface area contributed by atoms with Gasteiger partial charge in [0.05, 0.1) is 0 Å². The Kier molecular flexibility index (Phi) is 11.0. The fourth-order valence-corrected chi connectivity index (χ4v) is 1.99. The van der Waals surface area contributed by atoms with Crippen molar-refractivity contribution in [1.82, 2.24) is 5.32 Å². The van der Waals surface area contributed by atoms with Crippen LogP contribution in [0.15, 0.2) is 0 Å². The zero-order valence-electron chi connectivity index (χ0n) is 6.55. The zero-order chi connectivity index (χ0) is 7.66. The number of hydrogen-bond acceptors (Lipinski definition) is 4. The summed E-state index contributed by atoms with van der Waals surface area (Å²) in [5, 5.41) is 3.37. The van der Waals surface area contributed by atoms with Crippen LogP contribution in [0.4, 0.5) is 0 Å². The third kappa shape index (κ3) is 9.01. The van der Waals surface area contributed by atoms with Gasteiger partial charge in [-0.3, -0.25) is 0 Å². The average molecular weight is 197 g/mol. The molecule has 0 atom stereocenters. The highest BCUT2D eigenvalue weighted by Gasteiger charge is 1.86. The van der Waals surface area contributed by atoms with Crippen LogP contribution in [-0.2, 0) is 0 Å². The van der Waals surface area contributed by atoms with Crippen LogP contribution < -0.4 is 5.32 Å². The van der Waals surface area contributed by atoms with E-state index in [0.717, 1.165) is 13.1 Å². The molecule has 0 aliphatic rings. The van der Waals surface area contributed by atoms with Crippen molar-refractivity contribution in [3.63, 3.8) is 0 Å². The van der Waals surface area contributed by atoms with Crippen molar-refractivity contribution in [3.05, 3.63) is 0 Å². The van der Waals surface area contributed by atoms with Crippen LogP contribution in [0.5, 0.6) is 0 Å². The van der Waals surface area contributed by atoms with E-state index < -0.39 is 0 Å². The Balaban J connectivity index is 2.65. The van der Waals surface area contributed by atoms with E-state index in [1.807, 2.05) is 33.3 Å². The molecule has 0 rings (SSSR count). The molecule has 0 radical (unpaired) electrons. The lowest BCUT2D eigenvalue weighted by molar-refractivity contribution is 0.775. The van der Waals surface area contributed by atoms with Crippen LogP contribution in [0, 0.1) is 0 Å². The summed E-state index contributed by atoms with van der Waals surface area (Å²) < 4.78 is 0. The lowest BCUT2D eigenvalue weighted by atomic mass is 10.7. The standard InChI is InChI=1S/C6H15NS3/c1-8-5-3-7-4-6-10-9-2/h7H,3-6H2,1-2H3. The third-order valence-corrected chi connectivity index (χ3v) is 3.39. The van der Waals surface area contributed by atoms with Crippen LogP contribution in [0.2, 0.25) is 0 Å². The van der Waals surface area contributed by atoms with Gasteiger partial charge in [-0.15, -0.1) is 0 Å². The molecule has 62 valence electrons. The van der Waals surface area contributed by atoms with Crippen molar-refractivity contribution >= 4 is 33.3 Å². The van der Waals surface area contributed by atoms with E-state index in [4.69, 9.17) is 0 Å². The Morgan fingerprint density at radius 2 is 1.80 bits per heavy atom. The normalized spacial score (nSPS) is 10.2. The van der Waals surface area contributed by atoms with E-state index in [0.29, 0.717) is 0 Å². The minimum Gasteiger partial charge on any atom is -0.315 e. The van der Waals surface area contributed by atoms with Gasteiger partial charge < -0.3 is 5.32 Å². The topological polar surface area (TPSA) is 12.0 Å². The van der Waals surface area contributed by atoms with Gasteiger partial charge in [0, 0.05) is 24.6 Å². The number of hydrogen-bond donors (Lipinski definition) is 1. The summed E-state index contributed by atoms with van der Waals surface area (Å²) in [5.41, 5.74) is 0. The molecule has 1 N–H and O–H groups in total. The highest BCUT2D eigenvalue weighted by atomic mass is 33.1. The molecule has 0 aromatic carbocycles. The van der Waals surface area contributed by atoms with Crippen molar-refractivity contribution in [2.24, 2.45) is 0 Å². The van der Waals surface area contributed by atoms with Crippen LogP contribution >= 0.6 is 33.3 Å². The summed E-state index contributed by atoms with van der Waals surface area (Å²) >= 11 is 1.89. The van der Waals surface area contributed by atoms with Crippen LogP contribution in [0.1, 0.15) is 0 Å². The van der Waals surface area contributed by atoms with Crippen LogP contribution in [0.3, 0.4) is 0 Å². The van der Waals surface area contributed by atoms with E-state index in [-0.39, 0.29) is 0 Å². The Bertz CT molecular complexity index is 53.0. The maximum absolute atomic E-state index is 3.37. The predicted octanol–water partition coefficient (Wildman–Crippen LogP) is 1.95. The fourth-order valence-electron chi connectivity index (χ4n) is 0.496. The summed E-state index contributed by atoms with van der Waals surface area (Å²) in [5.74, 6) is 2.44. The highest BCUT2D eigenvalue weighted by Crippen LogP contribution is 2.14. The molecule has 0 saturated carbocycles. The third-order valence-electron chi connectivity index (χ3n) is 0.963. The Morgan fingerprint density at radius 1 is 1.10 bits per heavy atom. The quantitative estimate of drug-likeness (QED) is 0.494. The van der Waals surface area contributed by atoms with E-state index in [2.05, 4.69) is 17.8 Å². The molecule has 0 aliphatic carbocycles. The maximum atomic E-state index is 3.37. The number of thioether (sulfide) groups is 1. The molecule has 4 heteroatoms. The molecule has 10 heavy (non-hydrogen) atoms. The molecule has 1 nitrogen and oxygen atoms in total. The predicted molar refractivity (Wildman–Crippen MR) is 57.2 cm³/mol. The first-order valence-corrected chi connectivity index (χ1v) is 7.39. The average Bonchev–Trinajstić information content (AvgIpc) is 1.97. The SMILES string of the molecule is CSCCNCCSSC. The first kappa shape index (κ1) is 11.0. The molecule has 0 spiro atoms. The summed E-state index contributed by atoms with van der Waals surface area (Å²) in [6.07, 6.45) is 4.25. The van der Waals surface area contributed by atoms with Crippen molar-refractivity contribution in [3.8, 4) is 0 Å². The smallest absolute Gasteiger partial charge is 0.0162 e. The molecule has 0 saturated heterocycles. The van der Waals surface area contributed by atoms with Gasteiger partial charge in [-0.25, -0.2) is 0 Å². The molecule has 0 heterocycles. The number of rotatable bonds is 7. The second kappa shape index (κ2) is 10.0. The van der Waals surface area contributed by atoms with Gasteiger partial charge in [-0.2, -0.15) is 11.8 Å². The van der Waals surface area contributed by atoms with E-state index in [9.17, 15) is 0 Å². The molecule has 0 fully saturated rings. The van der Waals surface area contributed by atoms with Crippen molar-refractivity contribution in [2.75, 3.05) is 37.1 Å². The fraction of sp³-hybridized carbons (Fsp3) is 1.00.